The van der Waals surface area contributed by atoms with Crippen LogP contribution in [0.25, 0.3) is 0 Å². The van der Waals surface area contributed by atoms with Crippen LogP contribution in [0, 0.1) is 0 Å². The first-order valence-corrected chi connectivity index (χ1v) is 6.44. The maximum absolute atomic E-state index is 12.0. The maximum atomic E-state index is 12.0. The van der Waals surface area contributed by atoms with Gasteiger partial charge in [-0.25, -0.2) is 0 Å². The van der Waals surface area contributed by atoms with Crippen molar-refractivity contribution in [2.24, 2.45) is 0 Å². The van der Waals surface area contributed by atoms with E-state index in [9.17, 15) is 4.79 Å². The predicted molar refractivity (Wildman–Crippen MR) is 77.7 cm³/mol. The summed E-state index contributed by atoms with van der Waals surface area (Å²) in [5.41, 5.74) is 1.00. The Morgan fingerprint density at radius 1 is 1.42 bits per heavy atom. The van der Waals surface area contributed by atoms with Crippen LogP contribution in [0.2, 0.25) is 0 Å². The fraction of sp³-hybridized carbons (Fsp3) is 0.500. The maximum Gasteiger partial charge on any atom is 0.237 e. The van der Waals surface area contributed by atoms with E-state index in [1.54, 1.807) is 7.11 Å². The third-order valence-electron chi connectivity index (χ3n) is 3.27. The van der Waals surface area contributed by atoms with E-state index < -0.39 is 0 Å². The van der Waals surface area contributed by atoms with E-state index in [1.165, 1.54) is 0 Å². The highest BCUT2D eigenvalue weighted by atomic mass is 35.5. The molecule has 4 nitrogen and oxygen atoms in total. The van der Waals surface area contributed by atoms with E-state index in [2.05, 4.69) is 10.6 Å². The molecule has 1 aromatic rings. The fourth-order valence-corrected chi connectivity index (χ4v) is 2.23. The molecule has 0 saturated carbocycles. The van der Waals surface area contributed by atoms with Gasteiger partial charge in [0.05, 0.1) is 13.2 Å². The van der Waals surface area contributed by atoms with E-state index >= 15 is 0 Å². The summed E-state index contributed by atoms with van der Waals surface area (Å²) in [7, 11) is 1.64. The lowest BCUT2D eigenvalue weighted by Gasteiger charge is -2.22. The molecule has 0 spiro atoms. The highest BCUT2D eigenvalue weighted by Crippen LogP contribution is 2.17. The average Bonchev–Trinajstić information content (AvgIpc) is 2.46. The number of methoxy groups -OCH3 is 1. The standard InChI is InChI=1S/C14H20N2O2.ClH/c1-18-13-8-3-2-6-11(13)10-16-14(17)12-7-4-5-9-15-12;/h2-3,6,8,12,15H,4-5,7,9-10H2,1H3,(H,16,17);1H. The van der Waals surface area contributed by atoms with Gasteiger partial charge in [0.1, 0.15) is 5.75 Å². The summed E-state index contributed by atoms with van der Waals surface area (Å²) in [5, 5.41) is 6.20. The number of benzene rings is 1. The van der Waals surface area contributed by atoms with Crippen molar-refractivity contribution in [1.29, 1.82) is 0 Å². The van der Waals surface area contributed by atoms with Crippen molar-refractivity contribution in [3.63, 3.8) is 0 Å². The van der Waals surface area contributed by atoms with Crippen LogP contribution in [0.4, 0.5) is 0 Å². The van der Waals surface area contributed by atoms with Gasteiger partial charge in [0.2, 0.25) is 5.91 Å². The van der Waals surface area contributed by atoms with Crippen molar-refractivity contribution in [3.05, 3.63) is 29.8 Å². The summed E-state index contributed by atoms with van der Waals surface area (Å²) in [4.78, 5) is 12.0. The number of ether oxygens (including phenoxy) is 1. The van der Waals surface area contributed by atoms with Crippen LogP contribution in [0.1, 0.15) is 24.8 Å². The van der Waals surface area contributed by atoms with Gasteiger partial charge in [-0.3, -0.25) is 4.79 Å². The van der Waals surface area contributed by atoms with Crippen molar-refractivity contribution in [2.75, 3.05) is 13.7 Å². The Morgan fingerprint density at radius 2 is 2.21 bits per heavy atom. The fourth-order valence-electron chi connectivity index (χ4n) is 2.23. The summed E-state index contributed by atoms with van der Waals surface area (Å²) in [5.74, 6) is 0.898. The lowest BCUT2D eigenvalue weighted by molar-refractivity contribution is -0.123. The largest absolute Gasteiger partial charge is 0.496 e. The Balaban J connectivity index is 0.00000180. The van der Waals surface area contributed by atoms with Crippen LogP contribution in [-0.2, 0) is 11.3 Å². The van der Waals surface area contributed by atoms with Gasteiger partial charge in [0.15, 0.2) is 0 Å². The molecule has 1 aromatic carbocycles. The molecule has 0 bridgehead atoms. The smallest absolute Gasteiger partial charge is 0.237 e. The second-order valence-electron chi connectivity index (χ2n) is 4.53. The van der Waals surface area contributed by atoms with Gasteiger partial charge in [-0.1, -0.05) is 24.6 Å². The number of piperidine rings is 1. The van der Waals surface area contributed by atoms with Crippen LogP contribution < -0.4 is 15.4 Å². The Morgan fingerprint density at radius 3 is 2.89 bits per heavy atom. The molecule has 0 aromatic heterocycles. The summed E-state index contributed by atoms with van der Waals surface area (Å²) in [6.45, 7) is 1.45. The summed E-state index contributed by atoms with van der Waals surface area (Å²) < 4.78 is 5.26. The first-order valence-electron chi connectivity index (χ1n) is 6.44. The molecule has 1 atom stereocenters. The molecule has 106 valence electrons. The second kappa shape index (κ2) is 8.02. The zero-order valence-corrected chi connectivity index (χ0v) is 12.0. The molecule has 1 saturated heterocycles. The van der Waals surface area contributed by atoms with Gasteiger partial charge in [-0.15, -0.1) is 12.4 Å². The first-order chi connectivity index (χ1) is 8.81. The van der Waals surface area contributed by atoms with Crippen molar-refractivity contribution in [2.45, 2.75) is 31.8 Å². The van der Waals surface area contributed by atoms with Crippen molar-refractivity contribution in [1.82, 2.24) is 10.6 Å². The normalized spacial score (nSPS) is 18.3. The Kier molecular flexibility index (Phi) is 6.67. The molecule has 1 aliphatic rings. The van der Waals surface area contributed by atoms with E-state index in [4.69, 9.17) is 4.74 Å². The SMILES string of the molecule is COc1ccccc1CNC(=O)C1CCCCN1.Cl. The van der Waals surface area contributed by atoms with Crippen LogP contribution >= 0.6 is 12.4 Å². The minimum atomic E-state index is -0.0338. The van der Waals surface area contributed by atoms with Crippen molar-refractivity contribution >= 4 is 18.3 Å². The van der Waals surface area contributed by atoms with E-state index in [0.29, 0.717) is 6.54 Å². The Hall–Kier alpha value is -1.26. The lowest BCUT2D eigenvalue weighted by Crippen LogP contribution is -2.46. The first kappa shape index (κ1) is 15.8. The van der Waals surface area contributed by atoms with Gasteiger partial charge in [0.25, 0.3) is 0 Å². The van der Waals surface area contributed by atoms with Gasteiger partial charge < -0.3 is 15.4 Å². The van der Waals surface area contributed by atoms with Crippen molar-refractivity contribution in [3.8, 4) is 5.75 Å². The van der Waals surface area contributed by atoms with Gasteiger partial charge >= 0.3 is 0 Å². The molecule has 2 N–H and O–H groups in total. The van der Waals surface area contributed by atoms with Crippen LogP contribution in [0.5, 0.6) is 5.75 Å². The van der Waals surface area contributed by atoms with Gasteiger partial charge in [0, 0.05) is 12.1 Å². The quantitative estimate of drug-likeness (QED) is 0.888. The third kappa shape index (κ3) is 4.40. The zero-order chi connectivity index (χ0) is 12.8. The molecule has 5 heteroatoms. The number of hydrogen-bond donors (Lipinski definition) is 2. The third-order valence-corrected chi connectivity index (χ3v) is 3.27. The van der Waals surface area contributed by atoms with E-state index in [-0.39, 0.29) is 24.4 Å². The Bertz CT molecular complexity index is 406. The molecule has 2 rings (SSSR count). The number of rotatable bonds is 4. The number of carbonyl (C=O) groups is 1. The van der Waals surface area contributed by atoms with Gasteiger partial charge in [-0.2, -0.15) is 0 Å². The number of amides is 1. The summed E-state index contributed by atoms with van der Waals surface area (Å²) in [6, 6.07) is 7.71. The zero-order valence-electron chi connectivity index (χ0n) is 11.1. The van der Waals surface area contributed by atoms with Gasteiger partial charge in [-0.05, 0) is 25.5 Å². The van der Waals surface area contributed by atoms with E-state index in [1.807, 2.05) is 24.3 Å². The molecule has 0 radical (unpaired) electrons. The molecule has 1 amide bonds. The van der Waals surface area contributed by atoms with Crippen molar-refractivity contribution < 1.29 is 9.53 Å². The number of halogens is 1. The molecular formula is C14H21ClN2O2. The van der Waals surface area contributed by atoms with Crippen LogP contribution in [-0.4, -0.2) is 25.6 Å². The summed E-state index contributed by atoms with van der Waals surface area (Å²) >= 11 is 0. The summed E-state index contributed by atoms with van der Waals surface area (Å²) in [6.07, 6.45) is 3.22. The number of nitrogens with one attached hydrogen (secondary N) is 2. The number of para-hydroxylation sites is 1. The minimum absolute atomic E-state index is 0. The monoisotopic (exact) mass is 284 g/mol. The topological polar surface area (TPSA) is 50.4 Å². The number of carbonyl (C=O) groups excluding carboxylic acids is 1. The Labute approximate surface area is 120 Å². The molecular weight excluding hydrogens is 264 g/mol. The minimum Gasteiger partial charge on any atom is -0.496 e. The molecule has 1 unspecified atom stereocenters. The van der Waals surface area contributed by atoms with Crippen LogP contribution in [0.15, 0.2) is 24.3 Å². The number of hydrogen-bond acceptors (Lipinski definition) is 3. The molecule has 0 aliphatic carbocycles. The highest BCUT2D eigenvalue weighted by Gasteiger charge is 2.20. The highest BCUT2D eigenvalue weighted by molar-refractivity contribution is 5.85. The molecule has 1 fully saturated rings. The molecule has 19 heavy (non-hydrogen) atoms. The van der Waals surface area contributed by atoms with E-state index in [0.717, 1.165) is 37.1 Å². The average molecular weight is 285 g/mol. The molecule has 1 heterocycles. The predicted octanol–water partition coefficient (Wildman–Crippen LogP) is 1.88. The lowest BCUT2D eigenvalue weighted by atomic mass is 10.0. The second-order valence-corrected chi connectivity index (χ2v) is 4.53. The molecule has 1 aliphatic heterocycles. The van der Waals surface area contributed by atoms with Crippen LogP contribution in [0.3, 0.4) is 0 Å².